The van der Waals surface area contributed by atoms with Crippen LogP contribution in [0.25, 0.3) is 0 Å². The van der Waals surface area contributed by atoms with Crippen LogP contribution in [0.15, 0.2) is 30.3 Å². The third-order valence-corrected chi connectivity index (χ3v) is 3.71. The predicted octanol–water partition coefficient (Wildman–Crippen LogP) is 1.50. The van der Waals surface area contributed by atoms with Gasteiger partial charge in [-0.2, -0.15) is 0 Å². The standard InChI is InChI=1S/C14H17NO5/c1-10-14(19-2,12(16)17)9-15(10)13(18)20-8-11-6-4-3-5-7-11/h3-7,10H,8-9H2,1-2H3,(H,16,17)/t10-,14?/m0/s1. The van der Waals surface area contributed by atoms with Crippen molar-refractivity contribution in [3.05, 3.63) is 35.9 Å². The summed E-state index contributed by atoms with van der Waals surface area (Å²) < 4.78 is 10.2. The molecule has 1 amide bonds. The summed E-state index contributed by atoms with van der Waals surface area (Å²) in [6.45, 7) is 1.79. The summed E-state index contributed by atoms with van der Waals surface area (Å²) in [6, 6.07) is 8.73. The maximum Gasteiger partial charge on any atom is 0.410 e. The highest BCUT2D eigenvalue weighted by Gasteiger charge is 2.59. The molecular formula is C14H17NO5. The topological polar surface area (TPSA) is 76.1 Å². The number of hydrogen-bond donors (Lipinski definition) is 1. The van der Waals surface area contributed by atoms with Crippen LogP contribution in [0.1, 0.15) is 12.5 Å². The number of carboxylic acid groups (broad SMARTS) is 1. The van der Waals surface area contributed by atoms with Gasteiger partial charge in [-0.05, 0) is 12.5 Å². The summed E-state index contributed by atoms with van der Waals surface area (Å²) >= 11 is 0. The van der Waals surface area contributed by atoms with Gasteiger partial charge in [0.15, 0.2) is 0 Å². The Kier molecular flexibility index (Phi) is 3.94. The van der Waals surface area contributed by atoms with Crippen molar-refractivity contribution in [1.29, 1.82) is 0 Å². The van der Waals surface area contributed by atoms with Gasteiger partial charge in [0.05, 0.1) is 12.6 Å². The van der Waals surface area contributed by atoms with Crippen molar-refractivity contribution in [2.75, 3.05) is 13.7 Å². The number of carbonyl (C=O) groups excluding carboxylic acids is 1. The predicted molar refractivity (Wildman–Crippen MR) is 70.2 cm³/mol. The summed E-state index contributed by atoms with van der Waals surface area (Å²) in [5.41, 5.74) is -0.448. The summed E-state index contributed by atoms with van der Waals surface area (Å²) in [6.07, 6.45) is -0.532. The molecule has 1 heterocycles. The van der Waals surface area contributed by atoms with E-state index in [0.29, 0.717) is 0 Å². The molecule has 0 spiro atoms. The molecule has 0 aromatic heterocycles. The first-order chi connectivity index (χ1) is 9.51. The number of aliphatic carboxylic acids is 1. The first-order valence-electron chi connectivity index (χ1n) is 6.27. The molecule has 1 saturated heterocycles. The maximum atomic E-state index is 11.9. The van der Waals surface area contributed by atoms with Gasteiger partial charge in [-0.25, -0.2) is 9.59 Å². The molecule has 1 aromatic rings. The van der Waals surface area contributed by atoms with Crippen molar-refractivity contribution < 1.29 is 24.2 Å². The van der Waals surface area contributed by atoms with E-state index in [9.17, 15) is 9.59 Å². The largest absolute Gasteiger partial charge is 0.479 e. The molecule has 1 N–H and O–H groups in total. The first kappa shape index (κ1) is 14.3. The lowest BCUT2D eigenvalue weighted by molar-refractivity contribution is -0.195. The zero-order valence-corrected chi connectivity index (χ0v) is 11.4. The van der Waals surface area contributed by atoms with Gasteiger partial charge in [0.2, 0.25) is 5.60 Å². The van der Waals surface area contributed by atoms with Crippen LogP contribution in [0.5, 0.6) is 0 Å². The summed E-state index contributed by atoms with van der Waals surface area (Å²) in [5.74, 6) is -1.07. The van der Waals surface area contributed by atoms with Crippen molar-refractivity contribution in [3.63, 3.8) is 0 Å². The van der Waals surface area contributed by atoms with Crippen LogP contribution < -0.4 is 0 Å². The lowest BCUT2D eigenvalue weighted by Crippen LogP contribution is -2.74. The van der Waals surface area contributed by atoms with E-state index in [-0.39, 0.29) is 13.2 Å². The second kappa shape index (κ2) is 5.50. The monoisotopic (exact) mass is 279 g/mol. The number of benzene rings is 1. The van der Waals surface area contributed by atoms with Crippen LogP contribution in [-0.2, 0) is 20.9 Å². The number of likely N-dealkylation sites (tertiary alicyclic amines) is 1. The summed E-state index contributed by atoms with van der Waals surface area (Å²) in [5, 5.41) is 9.16. The highest BCUT2D eigenvalue weighted by atomic mass is 16.6. The second-order valence-corrected chi connectivity index (χ2v) is 4.74. The van der Waals surface area contributed by atoms with Crippen LogP contribution in [0.2, 0.25) is 0 Å². The molecule has 2 rings (SSSR count). The minimum Gasteiger partial charge on any atom is -0.479 e. The molecule has 1 fully saturated rings. The van der Waals surface area contributed by atoms with E-state index < -0.39 is 23.7 Å². The molecule has 1 aliphatic heterocycles. The van der Waals surface area contributed by atoms with Crippen LogP contribution >= 0.6 is 0 Å². The number of carbonyl (C=O) groups is 2. The van der Waals surface area contributed by atoms with E-state index in [0.717, 1.165) is 5.56 Å². The highest BCUT2D eigenvalue weighted by molar-refractivity contribution is 5.84. The molecule has 6 heteroatoms. The third kappa shape index (κ3) is 2.34. The zero-order valence-electron chi connectivity index (χ0n) is 11.4. The summed E-state index contributed by atoms with van der Waals surface area (Å²) in [4.78, 5) is 24.4. The van der Waals surface area contributed by atoms with Crippen molar-refractivity contribution in [1.82, 2.24) is 4.90 Å². The molecule has 0 saturated carbocycles. The molecule has 1 aliphatic rings. The van der Waals surface area contributed by atoms with E-state index in [4.69, 9.17) is 14.6 Å². The van der Waals surface area contributed by atoms with Crippen LogP contribution in [0.3, 0.4) is 0 Å². The van der Waals surface area contributed by atoms with E-state index in [1.807, 2.05) is 30.3 Å². The quantitative estimate of drug-likeness (QED) is 0.903. The van der Waals surface area contributed by atoms with Crippen molar-refractivity contribution in [2.45, 2.75) is 25.2 Å². The Morgan fingerprint density at radius 1 is 1.40 bits per heavy atom. The van der Waals surface area contributed by atoms with Crippen molar-refractivity contribution in [2.24, 2.45) is 0 Å². The SMILES string of the molecule is COC1(C(=O)O)CN(C(=O)OCc2ccccc2)[C@H]1C. The minimum atomic E-state index is -1.33. The number of hydrogen-bond acceptors (Lipinski definition) is 4. The lowest BCUT2D eigenvalue weighted by atomic mass is 9.85. The number of rotatable bonds is 4. The average molecular weight is 279 g/mol. The van der Waals surface area contributed by atoms with Gasteiger partial charge in [-0.3, -0.25) is 4.90 Å². The number of methoxy groups -OCH3 is 1. The molecule has 1 aromatic carbocycles. The maximum absolute atomic E-state index is 11.9. The van der Waals surface area contributed by atoms with Gasteiger partial charge >= 0.3 is 12.1 Å². The third-order valence-electron chi connectivity index (χ3n) is 3.71. The number of ether oxygens (including phenoxy) is 2. The van der Waals surface area contributed by atoms with Gasteiger partial charge < -0.3 is 14.6 Å². The Labute approximate surface area is 116 Å². The van der Waals surface area contributed by atoms with Crippen LogP contribution in [0, 0.1) is 0 Å². The Hall–Kier alpha value is -2.08. The van der Waals surface area contributed by atoms with Gasteiger partial charge in [0.1, 0.15) is 6.61 Å². The molecule has 108 valence electrons. The van der Waals surface area contributed by atoms with Crippen molar-refractivity contribution in [3.8, 4) is 0 Å². The Balaban J connectivity index is 1.91. The summed E-state index contributed by atoms with van der Waals surface area (Å²) in [7, 11) is 1.33. The molecule has 6 nitrogen and oxygen atoms in total. The second-order valence-electron chi connectivity index (χ2n) is 4.74. The molecule has 20 heavy (non-hydrogen) atoms. The Morgan fingerprint density at radius 3 is 2.55 bits per heavy atom. The number of nitrogens with zero attached hydrogens (tertiary/aromatic N) is 1. The molecule has 0 radical (unpaired) electrons. The lowest BCUT2D eigenvalue weighted by Gasteiger charge is -2.51. The van der Waals surface area contributed by atoms with Gasteiger partial charge in [-0.15, -0.1) is 0 Å². The molecule has 0 bridgehead atoms. The normalized spacial score (nSPS) is 24.9. The number of amides is 1. The number of carboxylic acids is 1. The Bertz CT molecular complexity index is 504. The zero-order chi connectivity index (χ0) is 14.8. The average Bonchev–Trinajstić information content (AvgIpc) is 2.45. The molecule has 1 unspecified atom stereocenters. The first-order valence-corrected chi connectivity index (χ1v) is 6.27. The van der Waals surface area contributed by atoms with Crippen molar-refractivity contribution >= 4 is 12.1 Å². The smallest absolute Gasteiger partial charge is 0.410 e. The van der Waals surface area contributed by atoms with E-state index in [2.05, 4.69) is 0 Å². The highest BCUT2D eigenvalue weighted by Crippen LogP contribution is 2.33. The van der Waals surface area contributed by atoms with E-state index in [1.165, 1.54) is 12.0 Å². The molecular weight excluding hydrogens is 262 g/mol. The van der Waals surface area contributed by atoms with Gasteiger partial charge in [0, 0.05) is 7.11 Å². The molecule has 0 aliphatic carbocycles. The van der Waals surface area contributed by atoms with Gasteiger partial charge in [-0.1, -0.05) is 30.3 Å². The fourth-order valence-electron chi connectivity index (χ4n) is 2.26. The van der Waals surface area contributed by atoms with Gasteiger partial charge in [0.25, 0.3) is 0 Å². The van der Waals surface area contributed by atoms with E-state index >= 15 is 0 Å². The van der Waals surface area contributed by atoms with Crippen LogP contribution in [0.4, 0.5) is 4.79 Å². The molecule has 2 atom stereocenters. The van der Waals surface area contributed by atoms with Crippen LogP contribution in [-0.4, -0.2) is 47.4 Å². The fourth-order valence-corrected chi connectivity index (χ4v) is 2.26. The fraction of sp³-hybridized carbons (Fsp3) is 0.429. The van der Waals surface area contributed by atoms with E-state index in [1.54, 1.807) is 6.92 Å². The minimum absolute atomic E-state index is 0.00633. The Morgan fingerprint density at radius 2 is 2.05 bits per heavy atom.